The van der Waals surface area contributed by atoms with E-state index >= 15 is 0 Å². The van der Waals surface area contributed by atoms with Crippen molar-refractivity contribution in [2.75, 3.05) is 6.61 Å². The Hall–Kier alpha value is -1.10. The predicted molar refractivity (Wildman–Crippen MR) is 119 cm³/mol. The third-order valence-electron chi connectivity index (χ3n) is 4.13. The highest BCUT2D eigenvalue weighted by molar-refractivity contribution is 7.81. The zero-order valence-corrected chi connectivity index (χ0v) is 17.7. The Morgan fingerprint density at radius 3 is 1.81 bits per heavy atom. The molecular weight excluding hydrogens is 356 g/mol. The molecule has 27 heavy (non-hydrogen) atoms. The Bertz CT molecular complexity index is 466. The zero-order chi connectivity index (χ0) is 20.2. The number of hydrogen-bond acceptors (Lipinski definition) is 4. The fourth-order valence-electron chi connectivity index (χ4n) is 2.42. The molecule has 0 amide bonds. The lowest BCUT2D eigenvalue weighted by Gasteiger charge is -2.13. The van der Waals surface area contributed by atoms with Crippen molar-refractivity contribution in [1.82, 2.24) is 0 Å². The molecule has 2 N–H and O–H groups in total. The normalized spacial score (nSPS) is 14.8. The van der Waals surface area contributed by atoms with Crippen LogP contribution in [0.5, 0.6) is 0 Å². The quantitative estimate of drug-likeness (QED) is 0.177. The average molecular weight is 395 g/mol. The highest BCUT2D eigenvalue weighted by Crippen LogP contribution is 2.09. The number of aliphatic hydroxyl groups is 2. The molecule has 0 aliphatic carbocycles. The summed E-state index contributed by atoms with van der Waals surface area (Å²) >= 11 is 4.04. The summed E-state index contributed by atoms with van der Waals surface area (Å²) in [5.74, 6) is -0.115. The fraction of sp³-hybridized carbons (Fsp3) is 0.609. The molecule has 0 radical (unpaired) electrons. The number of ketones is 1. The number of rotatable bonds is 17. The molecule has 0 aromatic rings. The molecule has 0 spiro atoms. The summed E-state index contributed by atoms with van der Waals surface area (Å²) in [7, 11) is 0. The van der Waals surface area contributed by atoms with Crippen LogP contribution in [-0.2, 0) is 4.79 Å². The number of Topliss-reactive ketones (excluding diaryl/α,β-unsaturated/α-hetero) is 1. The van der Waals surface area contributed by atoms with E-state index in [0.717, 1.165) is 32.1 Å². The van der Waals surface area contributed by atoms with Crippen molar-refractivity contribution in [1.29, 1.82) is 0 Å². The maximum absolute atomic E-state index is 11.7. The van der Waals surface area contributed by atoms with E-state index in [1.165, 1.54) is 25.7 Å². The van der Waals surface area contributed by atoms with Gasteiger partial charge in [0.2, 0.25) is 0 Å². The minimum atomic E-state index is -1.07. The molecule has 0 aromatic heterocycles. The van der Waals surface area contributed by atoms with Gasteiger partial charge < -0.3 is 10.2 Å². The molecule has 2 atom stereocenters. The smallest absolute Gasteiger partial charge is 0.148 e. The van der Waals surface area contributed by atoms with E-state index in [9.17, 15) is 9.90 Å². The summed E-state index contributed by atoms with van der Waals surface area (Å²) in [5.41, 5.74) is 0. The van der Waals surface area contributed by atoms with Crippen molar-refractivity contribution in [2.45, 2.75) is 82.5 Å². The minimum Gasteiger partial charge on any atom is -0.394 e. The minimum absolute atomic E-state index is 0.115. The summed E-state index contributed by atoms with van der Waals surface area (Å²) in [6.07, 6.45) is 26.3. The van der Waals surface area contributed by atoms with E-state index < -0.39 is 18.0 Å². The van der Waals surface area contributed by atoms with Gasteiger partial charge in [-0.3, -0.25) is 4.79 Å². The second-order valence-electron chi connectivity index (χ2n) is 6.64. The van der Waals surface area contributed by atoms with Gasteiger partial charge in [-0.15, -0.1) is 0 Å². The first-order valence-electron chi connectivity index (χ1n) is 10.2. The Morgan fingerprint density at radius 1 is 0.852 bits per heavy atom. The maximum atomic E-state index is 11.7. The SMILES string of the molecule is CCCCC/C=C\C/C=C\C/C=C\C/C=C\CCCC(=O)[C@@H](S)[C@H](O)CO. The molecule has 3 nitrogen and oxygen atoms in total. The lowest BCUT2D eigenvalue weighted by Crippen LogP contribution is -2.31. The Labute approximate surface area is 171 Å². The number of allylic oxidation sites excluding steroid dienone is 8. The third kappa shape index (κ3) is 16.8. The number of thiol groups is 1. The van der Waals surface area contributed by atoms with Crippen LogP contribution in [0.25, 0.3) is 0 Å². The van der Waals surface area contributed by atoms with Crippen LogP contribution >= 0.6 is 12.6 Å². The highest BCUT2D eigenvalue weighted by Gasteiger charge is 2.21. The summed E-state index contributed by atoms with van der Waals surface area (Å²) in [6, 6.07) is 0. The lowest BCUT2D eigenvalue weighted by molar-refractivity contribution is -0.120. The Morgan fingerprint density at radius 2 is 1.33 bits per heavy atom. The molecule has 0 saturated heterocycles. The molecule has 0 aliphatic rings. The summed E-state index contributed by atoms with van der Waals surface area (Å²) in [4.78, 5) is 11.7. The fourth-order valence-corrected chi connectivity index (χ4v) is 2.64. The maximum Gasteiger partial charge on any atom is 0.148 e. The first-order chi connectivity index (χ1) is 13.1. The van der Waals surface area contributed by atoms with Crippen molar-refractivity contribution in [3.8, 4) is 0 Å². The molecule has 0 heterocycles. The van der Waals surface area contributed by atoms with Gasteiger partial charge in [0.1, 0.15) is 5.78 Å². The van der Waals surface area contributed by atoms with E-state index in [2.05, 4.69) is 68.2 Å². The second kappa shape index (κ2) is 19.7. The van der Waals surface area contributed by atoms with Gasteiger partial charge in [0.05, 0.1) is 18.0 Å². The largest absolute Gasteiger partial charge is 0.394 e. The van der Waals surface area contributed by atoms with Gasteiger partial charge in [0, 0.05) is 6.42 Å². The van der Waals surface area contributed by atoms with Gasteiger partial charge in [-0.1, -0.05) is 68.4 Å². The van der Waals surface area contributed by atoms with Gasteiger partial charge in [-0.2, -0.15) is 12.6 Å². The van der Waals surface area contributed by atoms with Crippen molar-refractivity contribution < 1.29 is 15.0 Å². The van der Waals surface area contributed by atoms with Crippen LogP contribution in [0, 0.1) is 0 Å². The molecule has 0 unspecified atom stereocenters. The van der Waals surface area contributed by atoms with Gasteiger partial charge in [0.15, 0.2) is 0 Å². The molecule has 0 saturated carbocycles. The van der Waals surface area contributed by atoms with Crippen LogP contribution < -0.4 is 0 Å². The standard InChI is InChI=1S/C23H38O3S/c1-2-3-4-5-6-7-8-9-10-11-12-13-14-15-16-17-18-19-21(25)23(27)22(26)20-24/h6-7,9-10,12-13,15-16,22-24,26-27H,2-5,8,11,14,17-20H2,1H3/b7-6-,10-9-,13-12-,16-15-/t22-,23-/m1/s1. The van der Waals surface area contributed by atoms with Gasteiger partial charge in [0.25, 0.3) is 0 Å². The lowest BCUT2D eigenvalue weighted by atomic mass is 10.1. The van der Waals surface area contributed by atoms with Crippen molar-refractivity contribution in [3.05, 3.63) is 48.6 Å². The number of carbonyl (C=O) groups is 1. The van der Waals surface area contributed by atoms with Crippen LogP contribution in [0.4, 0.5) is 0 Å². The van der Waals surface area contributed by atoms with E-state index in [4.69, 9.17) is 5.11 Å². The Kier molecular flexibility index (Phi) is 18.9. The summed E-state index contributed by atoms with van der Waals surface area (Å²) < 4.78 is 0. The number of aliphatic hydroxyl groups excluding tert-OH is 2. The second-order valence-corrected chi connectivity index (χ2v) is 7.20. The summed E-state index contributed by atoms with van der Waals surface area (Å²) in [6.45, 7) is 1.79. The molecule has 0 aromatic carbocycles. The van der Waals surface area contributed by atoms with Gasteiger partial charge >= 0.3 is 0 Å². The molecular formula is C23H38O3S. The topological polar surface area (TPSA) is 57.5 Å². The molecule has 0 rings (SSSR count). The molecule has 0 aliphatic heterocycles. The monoisotopic (exact) mass is 394 g/mol. The van der Waals surface area contributed by atoms with Gasteiger partial charge in [-0.05, 0) is 44.9 Å². The average Bonchev–Trinajstić information content (AvgIpc) is 2.68. The van der Waals surface area contributed by atoms with E-state index in [-0.39, 0.29) is 5.78 Å². The van der Waals surface area contributed by atoms with Crippen molar-refractivity contribution >= 4 is 18.4 Å². The van der Waals surface area contributed by atoms with Crippen LogP contribution in [-0.4, -0.2) is 34.0 Å². The van der Waals surface area contributed by atoms with E-state index in [0.29, 0.717) is 6.42 Å². The van der Waals surface area contributed by atoms with Crippen LogP contribution in [0.3, 0.4) is 0 Å². The molecule has 0 bridgehead atoms. The first-order valence-corrected chi connectivity index (χ1v) is 10.7. The number of unbranched alkanes of at least 4 members (excludes halogenated alkanes) is 4. The Balaban J connectivity index is 3.60. The van der Waals surface area contributed by atoms with E-state index in [1.807, 2.05) is 0 Å². The summed E-state index contributed by atoms with van der Waals surface area (Å²) in [5, 5.41) is 17.4. The molecule has 154 valence electrons. The van der Waals surface area contributed by atoms with Gasteiger partial charge in [-0.25, -0.2) is 0 Å². The van der Waals surface area contributed by atoms with Crippen molar-refractivity contribution in [2.24, 2.45) is 0 Å². The first kappa shape index (κ1) is 25.9. The molecule has 0 fully saturated rings. The molecule has 4 heteroatoms. The van der Waals surface area contributed by atoms with Crippen molar-refractivity contribution in [3.63, 3.8) is 0 Å². The van der Waals surface area contributed by atoms with Crippen LogP contribution in [0.1, 0.15) is 71.1 Å². The van der Waals surface area contributed by atoms with Crippen LogP contribution in [0.15, 0.2) is 48.6 Å². The highest BCUT2D eigenvalue weighted by atomic mass is 32.1. The number of carbonyl (C=O) groups excluding carboxylic acids is 1. The number of hydrogen-bond donors (Lipinski definition) is 3. The van der Waals surface area contributed by atoms with Crippen LogP contribution in [0.2, 0.25) is 0 Å². The predicted octanol–water partition coefficient (Wildman–Crippen LogP) is 5.35. The zero-order valence-electron chi connectivity index (χ0n) is 16.8. The van der Waals surface area contributed by atoms with E-state index in [1.54, 1.807) is 0 Å². The third-order valence-corrected chi connectivity index (χ3v) is 4.77.